The summed E-state index contributed by atoms with van der Waals surface area (Å²) in [6.07, 6.45) is 69.2. The maximum Gasteiger partial charge on any atom is 0.338 e. The lowest BCUT2D eigenvalue weighted by atomic mass is 10.0. The van der Waals surface area contributed by atoms with Crippen LogP contribution in [0.5, 0.6) is 0 Å². The van der Waals surface area contributed by atoms with Gasteiger partial charge in [-0.3, -0.25) is 0 Å². The largest absolute Gasteiger partial charge is 0.462 e. The average molecular weight is 1590 g/mol. The van der Waals surface area contributed by atoms with Crippen LogP contribution in [0.2, 0.25) is 0 Å². The molecule has 2 aliphatic heterocycles. The van der Waals surface area contributed by atoms with E-state index in [4.69, 9.17) is 48.9 Å². The summed E-state index contributed by atoms with van der Waals surface area (Å²) < 4.78 is 23.9. The number of H-pyrrole nitrogens is 2. The Hall–Kier alpha value is -7.88. The summed E-state index contributed by atoms with van der Waals surface area (Å²) in [5.41, 5.74) is 5.25. The van der Waals surface area contributed by atoms with Crippen molar-refractivity contribution in [3.8, 4) is 45.6 Å². The van der Waals surface area contributed by atoms with E-state index in [0.29, 0.717) is 127 Å². The zero-order chi connectivity index (χ0) is 81.3. The first-order chi connectivity index (χ1) is 57.2. The molecule has 8 bridgehead atoms. The average Bonchev–Trinajstić information content (AvgIpc) is 1.60. The molecule has 634 valence electrons. The van der Waals surface area contributed by atoms with Gasteiger partial charge in [0.05, 0.1) is 48.7 Å². The van der Waals surface area contributed by atoms with E-state index in [1.807, 2.05) is 24.3 Å². The van der Waals surface area contributed by atoms with Gasteiger partial charge in [0.25, 0.3) is 0 Å². The van der Waals surface area contributed by atoms with E-state index in [0.717, 1.165) is 77.0 Å². The monoisotopic (exact) mass is 1590 g/mol. The van der Waals surface area contributed by atoms with E-state index in [9.17, 15) is 19.2 Å². The van der Waals surface area contributed by atoms with Gasteiger partial charge >= 0.3 is 23.9 Å². The molecule has 16 nitrogen and oxygen atoms in total. The summed E-state index contributed by atoms with van der Waals surface area (Å²) in [6.45, 7) is 10.3. The first kappa shape index (κ1) is 92.0. The quantitative estimate of drug-likeness (QED) is 0.0206. The number of carbonyl (C=O) groups is 4. The highest BCUT2D eigenvalue weighted by atomic mass is 16.5. The molecular formula is C100H146N8O8. The molecule has 116 heavy (non-hydrogen) atoms. The Morgan fingerprint density at radius 2 is 0.405 bits per heavy atom. The molecule has 2 aliphatic rings. The standard InChI is InChI=1S/C100H146N8O8/c1-5-9-13-17-21-25-29-33-37-41-45-49-53-57-69-113-97(109)77-61-65-81-85(73-77)93-101-89(81)106-94-87-75-79(99(111)115-71-59-55-51-47-43-39-35-31-27-23-19-15-11-7-3)63-67-83(87)91(103-94)108-96-88-76-80(100(112)116-72-60-56-52-48-44-40-36-32-28-24-20-16-12-8-4)64-68-84(88)92(104-96)107-95-86-74-78(62-66-82(86)90(102-95)105-93)98(110)114-70-58-54-50-46-42-38-34-30-26-22-18-14-10-6-2/h61-68,73-76H,5-60,69-72H2,1-4H3,(H2,101,102,103,104,105,106,107,108). The number of rotatable bonds is 64. The van der Waals surface area contributed by atoms with Crippen molar-refractivity contribution in [3.63, 3.8) is 0 Å². The van der Waals surface area contributed by atoms with Gasteiger partial charge in [0, 0.05) is 43.8 Å². The number of hydrogen-bond donors (Lipinski definition) is 2. The molecule has 0 saturated carbocycles. The molecule has 16 heteroatoms. The van der Waals surface area contributed by atoms with Crippen LogP contribution in [0.15, 0.2) is 72.8 Å². The maximum atomic E-state index is 14.1. The zero-order valence-electron chi connectivity index (χ0n) is 72.3. The number of ether oxygens (including phenoxy) is 4. The maximum absolute atomic E-state index is 14.1. The highest BCUT2D eigenvalue weighted by Gasteiger charge is 2.27. The fourth-order valence-electron chi connectivity index (χ4n) is 16.5. The third-order valence-electron chi connectivity index (χ3n) is 23.7. The number of hydrogen-bond acceptors (Lipinski definition) is 14. The van der Waals surface area contributed by atoms with Gasteiger partial charge in [-0.15, -0.1) is 0 Å². The lowest BCUT2D eigenvalue weighted by Crippen LogP contribution is -2.06. The minimum Gasteiger partial charge on any atom is -0.462 e. The van der Waals surface area contributed by atoms with Crippen molar-refractivity contribution in [2.45, 2.75) is 387 Å². The highest BCUT2D eigenvalue weighted by molar-refractivity contribution is 6.10. The first-order valence-electron chi connectivity index (χ1n) is 47.3. The summed E-state index contributed by atoms with van der Waals surface area (Å²) >= 11 is 0. The summed E-state index contributed by atoms with van der Waals surface area (Å²) in [7, 11) is 0. The smallest absolute Gasteiger partial charge is 0.338 e. The number of fused-ring (bicyclic) bond motifs is 20. The second kappa shape index (κ2) is 55.0. The van der Waals surface area contributed by atoms with Crippen LogP contribution in [-0.2, 0) is 18.9 Å². The Balaban J connectivity index is 0.976. The van der Waals surface area contributed by atoms with Gasteiger partial charge in [-0.2, -0.15) is 0 Å². The van der Waals surface area contributed by atoms with Crippen LogP contribution in [-0.4, -0.2) is 90.2 Å². The van der Waals surface area contributed by atoms with E-state index < -0.39 is 23.9 Å². The minimum atomic E-state index is -0.441. The van der Waals surface area contributed by atoms with Crippen molar-refractivity contribution in [2.75, 3.05) is 26.4 Å². The lowest BCUT2D eigenvalue weighted by molar-refractivity contribution is 0.0488. The van der Waals surface area contributed by atoms with E-state index in [1.165, 1.54) is 283 Å². The molecule has 0 fully saturated rings. The predicted octanol–water partition coefficient (Wildman–Crippen LogP) is 29.4. The van der Waals surface area contributed by atoms with Crippen molar-refractivity contribution >= 4 is 68.0 Å². The normalized spacial score (nSPS) is 11.8. The van der Waals surface area contributed by atoms with Gasteiger partial charge in [0.1, 0.15) is 22.6 Å². The third-order valence-corrected chi connectivity index (χ3v) is 23.7. The molecule has 3 aromatic heterocycles. The van der Waals surface area contributed by atoms with Crippen molar-refractivity contribution < 1.29 is 38.1 Å². The van der Waals surface area contributed by atoms with E-state index >= 15 is 0 Å². The second-order valence-corrected chi connectivity index (χ2v) is 33.6. The summed E-state index contributed by atoms with van der Waals surface area (Å²) in [4.78, 5) is 95.0. The van der Waals surface area contributed by atoms with Crippen molar-refractivity contribution in [1.82, 2.24) is 39.9 Å². The van der Waals surface area contributed by atoms with E-state index in [-0.39, 0.29) is 11.6 Å². The van der Waals surface area contributed by atoms with Gasteiger partial charge in [-0.05, 0) is 98.5 Å². The number of aromatic amines is 2. The van der Waals surface area contributed by atoms with Crippen LogP contribution < -0.4 is 0 Å². The Labute approximate surface area is 696 Å². The lowest BCUT2D eigenvalue weighted by Gasteiger charge is -2.07. The van der Waals surface area contributed by atoms with Gasteiger partial charge in [0.15, 0.2) is 23.3 Å². The molecule has 0 unspecified atom stereocenters. The van der Waals surface area contributed by atoms with Crippen LogP contribution in [0.3, 0.4) is 0 Å². The molecule has 0 aliphatic carbocycles. The topological polar surface area (TPSA) is 214 Å². The molecule has 2 N–H and O–H groups in total. The zero-order valence-corrected chi connectivity index (χ0v) is 72.3. The second-order valence-electron chi connectivity index (χ2n) is 33.6. The molecule has 7 aromatic rings. The van der Waals surface area contributed by atoms with Gasteiger partial charge in [0.2, 0.25) is 0 Å². The van der Waals surface area contributed by atoms with Gasteiger partial charge in [-0.1, -0.05) is 362 Å². The molecule has 4 aromatic carbocycles. The van der Waals surface area contributed by atoms with Crippen molar-refractivity contribution in [2.24, 2.45) is 0 Å². The number of aromatic nitrogens is 8. The molecule has 0 saturated heterocycles. The minimum absolute atomic E-state index is 0.273. The number of carbonyl (C=O) groups excluding carboxylic acids is 4. The van der Waals surface area contributed by atoms with Crippen LogP contribution in [0.25, 0.3) is 89.7 Å². The molecule has 0 radical (unpaired) electrons. The van der Waals surface area contributed by atoms with Crippen LogP contribution in [0.4, 0.5) is 0 Å². The number of unbranched alkanes of at least 4 members (excludes halogenated alkanes) is 52. The first-order valence-corrected chi connectivity index (χ1v) is 47.3. The summed E-state index contributed by atoms with van der Waals surface area (Å²) in [5, 5.41) is 2.45. The Bertz CT molecular complexity index is 3950. The fraction of sp³-hybridized carbons (Fsp3) is 0.640. The number of nitrogens with one attached hydrogen (secondary N) is 2. The fourth-order valence-corrected chi connectivity index (χ4v) is 16.5. The molecule has 0 atom stereocenters. The number of esters is 4. The third kappa shape index (κ3) is 31.8. The van der Waals surface area contributed by atoms with Crippen LogP contribution in [0.1, 0.15) is 429 Å². The van der Waals surface area contributed by atoms with Crippen LogP contribution >= 0.6 is 0 Å². The van der Waals surface area contributed by atoms with Crippen molar-refractivity contribution in [1.29, 1.82) is 0 Å². The Kier molecular flexibility index (Phi) is 43.6. The molecule has 0 spiro atoms. The molecular weight excluding hydrogens is 1440 g/mol. The molecule has 5 heterocycles. The molecule has 9 rings (SSSR count). The summed E-state index contributed by atoms with van der Waals surface area (Å²) in [5.74, 6) is -0.608. The van der Waals surface area contributed by atoms with E-state index in [2.05, 4.69) is 37.7 Å². The van der Waals surface area contributed by atoms with Gasteiger partial charge in [-0.25, -0.2) is 49.1 Å². The van der Waals surface area contributed by atoms with Crippen LogP contribution in [0, 0.1) is 0 Å². The Morgan fingerprint density at radius 1 is 0.216 bits per heavy atom. The number of benzene rings is 4. The Morgan fingerprint density at radius 3 is 0.638 bits per heavy atom. The van der Waals surface area contributed by atoms with Crippen molar-refractivity contribution in [3.05, 3.63) is 95.1 Å². The highest BCUT2D eigenvalue weighted by Crippen LogP contribution is 2.39. The SMILES string of the molecule is CCCCCCCCCCCCCCCCOC(=O)c1ccc2c(c1)-c1nc-2nc2[nH]c(nc3nc(nc4[nH]c(n1)c1ccc(C(=O)OCCCCCCCCCCCCCCCC)cc41)-c1ccc(C(=O)OCCCCCCCCCCCCCCCC)cc1-3)c1ccc(C(=O)OCCCCCCCCCCCCCCCC)cc21. The predicted molar refractivity (Wildman–Crippen MR) is 478 cm³/mol. The number of nitrogens with zero attached hydrogens (tertiary/aromatic N) is 6. The molecule has 0 amide bonds. The van der Waals surface area contributed by atoms with E-state index in [1.54, 1.807) is 48.5 Å². The summed E-state index contributed by atoms with van der Waals surface area (Å²) in [6, 6.07) is 21.5. The van der Waals surface area contributed by atoms with Gasteiger partial charge < -0.3 is 28.9 Å².